The van der Waals surface area contributed by atoms with Crippen LogP contribution in [-0.4, -0.2) is 45.9 Å². The largest absolute Gasteiger partial charge is 0.361 e. The van der Waals surface area contributed by atoms with Crippen LogP contribution in [0.2, 0.25) is 0 Å². The molecule has 1 aromatic heterocycles. The summed E-state index contributed by atoms with van der Waals surface area (Å²) in [4.78, 5) is 40.2. The zero-order valence-electron chi connectivity index (χ0n) is 15.4. The number of hydrogen-bond donors (Lipinski definition) is 1. The summed E-state index contributed by atoms with van der Waals surface area (Å²) in [6, 6.07) is 4.51. The molecule has 1 aliphatic carbocycles. The number of urea groups is 1. The Morgan fingerprint density at radius 3 is 2.59 bits per heavy atom. The maximum Gasteiger partial charge on any atom is 0.321 e. The Kier molecular flexibility index (Phi) is 3.98. The third-order valence-corrected chi connectivity index (χ3v) is 5.00. The van der Waals surface area contributed by atoms with Gasteiger partial charge in [-0.05, 0) is 44.9 Å². The molecule has 1 saturated carbocycles. The maximum absolute atomic E-state index is 12.5. The number of imide groups is 1. The summed E-state index contributed by atoms with van der Waals surface area (Å²) in [5.74, 6) is 0.150. The van der Waals surface area contributed by atoms with Crippen LogP contribution in [0.5, 0.6) is 0 Å². The van der Waals surface area contributed by atoms with Crippen LogP contribution in [0.1, 0.15) is 50.6 Å². The van der Waals surface area contributed by atoms with Gasteiger partial charge in [-0.2, -0.15) is 0 Å². The number of hydrogen-bond acceptors (Lipinski definition) is 5. The van der Waals surface area contributed by atoms with E-state index in [1.807, 2.05) is 6.92 Å². The van der Waals surface area contributed by atoms with Crippen LogP contribution < -0.4 is 5.32 Å². The number of fused-ring (bicyclic) bond motifs is 1. The molecule has 2 aromatic rings. The maximum atomic E-state index is 12.5. The van der Waals surface area contributed by atoms with E-state index in [1.165, 1.54) is 9.80 Å². The normalized spacial score (nSPS) is 15.9. The molecule has 2 heterocycles. The Morgan fingerprint density at radius 1 is 1.26 bits per heavy atom. The van der Waals surface area contributed by atoms with Crippen LogP contribution >= 0.6 is 0 Å². The van der Waals surface area contributed by atoms with Crippen molar-refractivity contribution in [2.24, 2.45) is 0 Å². The molecular weight excluding hydrogens is 348 g/mol. The predicted octanol–water partition coefficient (Wildman–Crippen LogP) is 2.71. The average molecular weight is 368 g/mol. The fraction of sp³-hybridized carbons (Fsp3) is 0.368. The molecule has 0 atom stereocenters. The number of amides is 4. The summed E-state index contributed by atoms with van der Waals surface area (Å²) >= 11 is 0. The van der Waals surface area contributed by atoms with E-state index in [9.17, 15) is 14.4 Å². The molecule has 4 rings (SSSR count). The number of aryl methyl sites for hydroxylation is 2. The number of aromatic nitrogens is 1. The standard InChI is InChI=1S/C19H20N4O4/c1-10-16(11(2)27-21-10)9-22(3)19(26)20-12-4-7-14-15(8-12)18(25)23(17(14)24)13-5-6-13/h4,7-8,13H,5-6,9H2,1-3H3,(H,20,26). The van der Waals surface area contributed by atoms with Gasteiger partial charge in [0.25, 0.3) is 11.8 Å². The lowest BCUT2D eigenvalue weighted by Gasteiger charge is -2.18. The van der Waals surface area contributed by atoms with Gasteiger partial charge < -0.3 is 14.7 Å². The van der Waals surface area contributed by atoms with Gasteiger partial charge in [0.2, 0.25) is 0 Å². The second kappa shape index (κ2) is 6.22. The number of carbonyl (C=O) groups excluding carboxylic acids is 3. The van der Waals surface area contributed by atoms with Gasteiger partial charge in [0.1, 0.15) is 5.76 Å². The molecule has 0 saturated heterocycles. The molecular formula is C19H20N4O4. The molecule has 1 N–H and O–H groups in total. The van der Waals surface area contributed by atoms with Crippen molar-refractivity contribution in [1.29, 1.82) is 0 Å². The zero-order valence-corrected chi connectivity index (χ0v) is 15.4. The summed E-state index contributed by atoms with van der Waals surface area (Å²) < 4.78 is 5.12. The van der Waals surface area contributed by atoms with Gasteiger partial charge >= 0.3 is 6.03 Å². The molecule has 1 aromatic carbocycles. The van der Waals surface area contributed by atoms with E-state index in [2.05, 4.69) is 10.5 Å². The lowest BCUT2D eigenvalue weighted by atomic mass is 10.1. The molecule has 2 aliphatic rings. The SMILES string of the molecule is Cc1noc(C)c1CN(C)C(=O)Nc1ccc2c(c1)C(=O)N(C1CC1)C2=O. The highest BCUT2D eigenvalue weighted by molar-refractivity contribution is 6.22. The van der Waals surface area contributed by atoms with Gasteiger partial charge in [0.05, 0.1) is 23.4 Å². The summed E-state index contributed by atoms with van der Waals surface area (Å²) in [6.07, 6.45) is 1.73. The number of nitrogens with one attached hydrogen (secondary N) is 1. The predicted molar refractivity (Wildman–Crippen MR) is 96.4 cm³/mol. The Bertz CT molecular complexity index is 941. The van der Waals surface area contributed by atoms with Crippen molar-refractivity contribution in [3.63, 3.8) is 0 Å². The van der Waals surface area contributed by atoms with Crippen LogP contribution in [-0.2, 0) is 6.54 Å². The van der Waals surface area contributed by atoms with Crippen molar-refractivity contribution >= 4 is 23.5 Å². The van der Waals surface area contributed by atoms with E-state index in [1.54, 1.807) is 32.2 Å². The first-order valence-electron chi connectivity index (χ1n) is 8.82. The summed E-state index contributed by atoms with van der Waals surface area (Å²) in [5.41, 5.74) is 2.83. The van der Waals surface area contributed by atoms with Gasteiger partial charge in [-0.1, -0.05) is 5.16 Å². The first-order valence-corrected chi connectivity index (χ1v) is 8.82. The van der Waals surface area contributed by atoms with Crippen molar-refractivity contribution < 1.29 is 18.9 Å². The number of nitrogens with zero attached hydrogens (tertiary/aromatic N) is 3. The van der Waals surface area contributed by atoms with Crippen molar-refractivity contribution in [1.82, 2.24) is 15.0 Å². The zero-order chi connectivity index (χ0) is 19.3. The number of rotatable bonds is 4. The third kappa shape index (κ3) is 2.97. The van der Waals surface area contributed by atoms with E-state index in [4.69, 9.17) is 4.52 Å². The van der Waals surface area contributed by atoms with Crippen LogP contribution in [0.25, 0.3) is 0 Å². The summed E-state index contributed by atoms with van der Waals surface area (Å²) in [5, 5.41) is 6.66. The Balaban J connectivity index is 1.48. The monoisotopic (exact) mass is 368 g/mol. The number of benzene rings is 1. The number of carbonyl (C=O) groups is 3. The first-order chi connectivity index (χ1) is 12.9. The van der Waals surface area contributed by atoms with Crippen molar-refractivity contribution in [3.05, 3.63) is 46.3 Å². The molecule has 0 bridgehead atoms. The minimum absolute atomic E-state index is 0.0247. The van der Waals surface area contributed by atoms with Crippen LogP contribution in [0.15, 0.2) is 22.7 Å². The summed E-state index contributed by atoms with van der Waals surface area (Å²) in [6.45, 7) is 3.98. The lowest BCUT2D eigenvalue weighted by Crippen LogP contribution is -2.31. The van der Waals surface area contributed by atoms with Gasteiger partial charge in [-0.25, -0.2) is 4.79 Å². The molecule has 140 valence electrons. The van der Waals surface area contributed by atoms with E-state index in [-0.39, 0.29) is 23.9 Å². The van der Waals surface area contributed by atoms with Gasteiger partial charge in [-0.3, -0.25) is 14.5 Å². The molecule has 0 spiro atoms. The smallest absolute Gasteiger partial charge is 0.321 e. The number of anilines is 1. The molecule has 27 heavy (non-hydrogen) atoms. The summed E-state index contributed by atoms with van der Waals surface area (Å²) in [7, 11) is 1.66. The fourth-order valence-electron chi connectivity index (χ4n) is 3.26. The minimum atomic E-state index is -0.328. The molecule has 1 fully saturated rings. The van der Waals surface area contributed by atoms with E-state index < -0.39 is 0 Å². The average Bonchev–Trinajstić information content (AvgIpc) is 3.38. The van der Waals surface area contributed by atoms with Gasteiger partial charge in [0, 0.05) is 24.3 Å². The lowest BCUT2D eigenvalue weighted by molar-refractivity contribution is 0.0642. The minimum Gasteiger partial charge on any atom is -0.361 e. The molecule has 0 radical (unpaired) electrons. The Morgan fingerprint density at radius 2 is 1.96 bits per heavy atom. The first kappa shape index (κ1) is 17.3. The van der Waals surface area contributed by atoms with E-state index in [0.29, 0.717) is 29.1 Å². The Hall–Kier alpha value is -3.16. The molecule has 8 heteroatoms. The second-order valence-electron chi connectivity index (χ2n) is 7.06. The van der Waals surface area contributed by atoms with Crippen molar-refractivity contribution in [2.45, 2.75) is 39.3 Å². The molecule has 0 unspecified atom stereocenters. The molecule has 1 aliphatic heterocycles. The highest BCUT2D eigenvalue weighted by atomic mass is 16.5. The van der Waals surface area contributed by atoms with Crippen LogP contribution in [0, 0.1) is 13.8 Å². The topological polar surface area (TPSA) is 95.8 Å². The van der Waals surface area contributed by atoms with Crippen molar-refractivity contribution in [3.8, 4) is 0 Å². The second-order valence-corrected chi connectivity index (χ2v) is 7.06. The highest BCUT2D eigenvalue weighted by Crippen LogP contribution is 2.35. The van der Waals surface area contributed by atoms with Crippen LogP contribution in [0.4, 0.5) is 10.5 Å². The highest BCUT2D eigenvalue weighted by Gasteiger charge is 2.44. The third-order valence-electron chi connectivity index (χ3n) is 5.00. The van der Waals surface area contributed by atoms with E-state index in [0.717, 1.165) is 24.1 Å². The molecule has 4 amide bonds. The molecule has 8 nitrogen and oxygen atoms in total. The fourth-order valence-corrected chi connectivity index (χ4v) is 3.26. The van der Waals surface area contributed by atoms with Crippen molar-refractivity contribution in [2.75, 3.05) is 12.4 Å². The van der Waals surface area contributed by atoms with Gasteiger partial charge in [0.15, 0.2) is 0 Å². The van der Waals surface area contributed by atoms with Gasteiger partial charge in [-0.15, -0.1) is 0 Å². The van der Waals surface area contributed by atoms with Crippen LogP contribution in [0.3, 0.4) is 0 Å². The Labute approximate surface area is 156 Å². The quantitative estimate of drug-likeness (QED) is 0.837. The van der Waals surface area contributed by atoms with E-state index >= 15 is 0 Å².